The molecule has 0 aliphatic carbocycles. The molecule has 0 bridgehead atoms. The Hall–Kier alpha value is -1.59. The van der Waals surface area contributed by atoms with Crippen molar-refractivity contribution in [3.05, 3.63) is 0 Å². The first kappa shape index (κ1) is 14.4. The van der Waals surface area contributed by atoms with Crippen LogP contribution in [0.15, 0.2) is 0 Å². The molecule has 1 unspecified atom stereocenters. The number of aliphatic carboxylic acids is 2. The molecule has 0 rings (SSSR count). The van der Waals surface area contributed by atoms with E-state index in [-0.39, 0.29) is 5.92 Å². The van der Waals surface area contributed by atoms with Crippen LogP contribution in [0.4, 0.5) is 0 Å². The van der Waals surface area contributed by atoms with Gasteiger partial charge in [-0.1, -0.05) is 20.3 Å². The molecule has 0 aromatic heterocycles. The topological polar surface area (TPSA) is 104 Å². The van der Waals surface area contributed by atoms with Crippen molar-refractivity contribution in [1.29, 1.82) is 0 Å². The Morgan fingerprint density at radius 3 is 1.94 bits per heavy atom. The predicted molar refractivity (Wildman–Crippen MR) is 55.8 cm³/mol. The van der Waals surface area contributed by atoms with Gasteiger partial charge in [-0.2, -0.15) is 0 Å². The Morgan fingerprint density at radius 2 is 1.62 bits per heavy atom. The molecule has 92 valence electrons. The number of carbonyl (C=O) groups excluding carboxylic acids is 1. The van der Waals surface area contributed by atoms with Gasteiger partial charge in [0, 0.05) is 0 Å². The average molecular weight is 231 g/mol. The highest BCUT2D eigenvalue weighted by Crippen LogP contribution is 2.09. The first-order valence-electron chi connectivity index (χ1n) is 5.07. The third-order valence-corrected chi connectivity index (χ3v) is 2.54. The fraction of sp³-hybridized carbons (Fsp3) is 0.700. The van der Waals surface area contributed by atoms with Gasteiger partial charge in [-0.3, -0.25) is 9.59 Å². The molecule has 3 atom stereocenters. The lowest BCUT2D eigenvalue weighted by Crippen LogP contribution is -2.48. The zero-order valence-electron chi connectivity index (χ0n) is 9.56. The van der Waals surface area contributed by atoms with Gasteiger partial charge in [0.15, 0.2) is 0 Å². The van der Waals surface area contributed by atoms with Gasteiger partial charge in [0.2, 0.25) is 5.91 Å². The van der Waals surface area contributed by atoms with E-state index in [0.717, 1.165) is 0 Å². The quantitative estimate of drug-likeness (QED) is 0.571. The molecule has 0 aliphatic heterocycles. The van der Waals surface area contributed by atoms with E-state index < -0.39 is 29.8 Å². The first-order valence-corrected chi connectivity index (χ1v) is 5.07. The molecule has 6 nitrogen and oxygen atoms in total. The SMILES string of the molecule is CC[C@H](C)[C@H](NC(=O)C(C)C(=O)O)C(=O)O. The maximum absolute atomic E-state index is 11.4. The fourth-order valence-corrected chi connectivity index (χ4v) is 1.07. The smallest absolute Gasteiger partial charge is 0.326 e. The van der Waals surface area contributed by atoms with E-state index in [4.69, 9.17) is 10.2 Å². The zero-order chi connectivity index (χ0) is 12.9. The summed E-state index contributed by atoms with van der Waals surface area (Å²) in [4.78, 5) is 32.8. The van der Waals surface area contributed by atoms with Gasteiger partial charge < -0.3 is 15.5 Å². The van der Waals surface area contributed by atoms with Crippen LogP contribution in [-0.2, 0) is 14.4 Å². The van der Waals surface area contributed by atoms with Crippen LogP contribution >= 0.6 is 0 Å². The van der Waals surface area contributed by atoms with Crippen molar-refractivity contribution in [3.63, 3.8) is 0 Å². The molecule has 0 fully saturated rings. The molecule has 16 heavy (non-hydrogen) atoms. The van der Waals surface area contributed by atoms with E-state index >= 15 is 0 Å². The highest BCUT2D eigenvalue weighted by Gasteiger charge is 2.29. The second-order valence-corrected chi connectivity index (χ2v) is 3.77. The minimum absolute atomic E-state index is 0.248. The van der Waals surface area contributed by atoms with Crippen molar-refractivity contribution in [1.82, 2.24) is 5.32 Å². The van der Waals surface area contributed by atoms with Gasteiger partial charge in [0.05, 0.1) is 0 Å². The maximum Gasteiger partial charge on any atom is 0.326 e. The summed E-state index contributed by atoms with van der Waals surface area (Å²) in [5.41, 5.74) is 0. The Labute approximate surface area is 93.6 Å². The van der Waals surface area contributed by atoms with Crippen molar-refractivity contribution in [2.75, 3.05) is 0 Å². The van der Waals surface area contributed by atoms with Crippen LogP contribution in [-0.4, -0.2) is 34.1 Å². The highest BCUT2D eigenvalue weighted by molar-refractivity contribution is 5.98. The van der Waals surface area contributed by atoms with Gasteiger partial charge >= 0.3 is 11.9 Å². The molecule has 0 heterocycles. The van der Waals surface area contributed by atoms with Crippen molar-refractivity contribution < 1.29 is 24.6 Å². The molecule has 0 saturated carbocycles. The van der Waals surface area contributed by atoms with Crippen molar-refractivity contribution in [2.24, 2.45) is 11.8 Å². The van der Waals surface area contributed by atoms with Crippen molar-refractivity contribution in [3.8, 4) is 0 Å². The maximum atomic E-state index is 11.4. The summed E-state index contributed by atoms with van der Waals surface area (Å²) in [5, 5.41) is 19.7. The zero-order valence-corrected chi connectivity index (χ0v) is 9.56. The largest absolute Gasteiger partial charge is 0.481 e. The normalized spacial score (nSPS) is 15.9. The Kier molecular flexibility index (Phi) is 5.49. The lowest BCUT2D eigenvalue weighted by atomic mass is 9.98. The van der Waals surface area contributed by atoms with Gasteiger partial charge in [-0.05, 0) is 12.8 Å². The average Bonchev–Trinajstić information content (AvgIpc) is 2.22. The number of hydrogen-bond donors (Lipinski definition) is 3. The summed E-state index contributed by atoms with van der Waals surface area (Å²) in [6.07, 6.45) is 0.582. The minimum atomic E-state index is -1.27. The lowest BCUT2D eigenvalue weighted by molar-refractivity contribution is -0.149. The number of carboxylic acids is 2. The van der Waals surface area contributed by atoms with Gasteiger partial charge in [0.25, 0.3) is 0 Å². The molecule has 3 N–H and O–H groups in total. The summed E-state index contributed by atoms with van der Waals surface area (Å²) < 4.78 is 0. The summed E-state index contributed by atoms with van der Waals surface area (Å²) in [5.74, 6) is -4.69. The molecule has 6 heteroatoms. The number of hydrogen-bond acceptors (Lipinski definition) is 3. The van der Waals surface area contributed by atoms with Gasteiger partial charge in [-0.15, -0.1) is 0 Å². The summed E-state index contributed by atoms with van der Waals surface area (Å²) >= 11 is 0. The summed E-state index contributed by atoms with van der Waals surface area (Å²) in [7, 11) is 0. The van der Waals surface area contributed by atoms with E-state index in [1.807, 2.05) is 0 Å². The molecule has 0 spiro atoms. The highest BCUT2D eigenvalue weighted by atomic mass is 16.4. The van der Waals surface area contributed by atoms with Crippen molar-refractivity contribution in [2.45, 2.75) is 33.2 Å². The standard InChI is InChI=1S/C10H17NO5/c1-4-5(2)7(10(15)16)11-8(12)6(3)9(13)14/h5-7H,4H2,1-3H3,(H,11,12)(H,13,14)(H,15,16)/t5-,6?,7-/m0/s1. The Balaban J connectivity index is 4.58. The van der Waals surface area contributed by atoms with Crippen LogP contribution in [0.1, 0.15) is 27.2 Å². The van der Waals surface area contributed by atoms with Crippen LogP contribution in [0.2, 0.25) is 0 Å². The number of nitrogens with one attached hydrogen (secondary N) is 1. The van der Waals surface area contributed by atoms with E-state index in [9.17, 15) is 14.4 Å². The molecule has 0 aromatic rings. The van der Waals surface area contributed by atoms with Gasteiger partial charge in [0.1, 0.15) is 12.0 Å². The Bertz CT molecular complexity index is 289. The van der Waals surface area contributed by atoms with E-state index in [1.54, 1.807) is 13.8 Å². The summed E-state index contributed by atoms with van der Waals surface area (Å²) in [6, 6.07) is -1.04. The predicted octanol–water partition coefficient (Wildman–Crippen LogP) is 0.323. The van der Waals surface area contributed by atoms with Crippen LogP contribution in [0.25, 0.3) is 0 Å². The van der Waals surface area contributed by atoms with E-state index in [1.165, 1.54) is 6.92 Å². The molecule has 0 aliphatic rings. The number of amides is 1. The fourth-order valence-electron chi connectivity index (χ4n) is 1.07. The van der Waals surface area contributed by atoms with Gasteiger partial charge in [-0.25, -0.2) is 4.79 Å². The second kappa shape index (κ2) is 6.09. The van der Waals surface area contributed by atoms with Crippen LogP contribution in [0, 0.1) is 11.8 Å². The van der Waals surface area contributed by atoms with Crippen LogP contribution in [0.5, 0.6) is 0 Å². The third kappa shape index (κ3) is 3.88. The summed E-state index contributed by atoms with van der Waals surface area (Å²) in [6.45, 7) is 4.70. The monoisotopic (exact) mass is 231 g/mol. The molecular formula is C10H17NO5. The lowest BCUT2D eigenvalue weighted by Gasteiger charge is -2.21. The molecule has 1 amide bonds. The molecule has 0 saturated heterocycles. The molecule has 0 radical (unpaired) electrons. The number of carbonyl (C=O) groups is 3. The van der Waals surface area contributed by atoms with E-state index in [2.05, 4.69) is 5.32 Å². The van der Waals surface area contributed by atoms with Crippen molar-refractivity contribution >= 4 is 17.8 Å². The third-order valence-electron chi connectivity index (χ3n) is 2.54. The number of rotatable bonds is 6. The van der Waals surface area contributed by atoms with Crippen LogP contribution in [0.3, 0.4) is 0 Å². The molecule has 0 aromatic carbocycles. The van der Waals surface area contributed by atoms with Crippen LogP contribution < -0.4 is 5.32 Å². The second-order valence-electron chi connectivity index (χ2n) is 3.77. The number of carboxylic acid groups (broad SMARTS) is 2. The molecular weight excluding hydrogens is 214 g/mol. The van der Waals surface area contributed by atoms with E-state index in [0.29, 0.717) is 6.42 Å². The first-order chi connectivity index (χ1) is 7.31. The Morgan fingerprint density at radius 1 is 1.12 bits per heavy atom. The minimum Gasteiger partial charge on any atom is -0.481 e.